The fourth-order valence-electron chi connectivity index (χ4n) is 0. The van der Waals surface area contributed by atoms with Gasteiger partial charge >= 0.3 is 37.1 Å². The van der Waals surface area contributed by atoms with Crippen molar-refractivity contribution in [3.8, 4) is 0 Å². The average molecular weight is 117 g/mol. The Morgan fingerprint density at radius 3 is 2.00 bits per heavy atom. The van der Waals surface area contributed by atoms with Crippen LogP contribution in [0.5, 0.6) is 0 Å². The van der Waals surface area contributed by atoms with Crippen molar-refractivity contribution in [3.05, 3.63) is 0 Å². The van der Waals surface area contributed by atoms with Crippen molar-refractivity contribution in [2.24, 2.45) is 0 Å². The topological polar surface area (TPSA) is 17.1 Å². The predicted octanol–water partition coefficient (Wildman–Crippen LogP) is -0.297. The Kier molecular flexibility index (Phi) is 2.67. The molecule has 0 heterocycles. The van der Waals surface area contributed by atoms with Crippen LogP contribution in [0.25, 0.3) is 0 Å². The minimum atomic E-state index is -1.29. The van der Waals surface area contributed by atoms with Gasteiger partial charge < -0.3 is 0 Å². The molecule has 1 unspecified atom stereocenters. The van der Waals surface area contributed by atoms with Gasteiger partial charge in [-0.1, -0.05) is 0 Å². The van der Waals surface area contributed by atoms with Crippen molar-refractivity contribution in [2.75, 3.05) is 0 Å². The summed E-state index contributed by atoms with van der Waals surface area (Å²) in [5, 5.41) is 0. The Morgan fingerprint density at radius 2 is 2.00 bits per heavy atom. The first-order valence-electron chi connectivity index (χ1n) is 0.983. The molecule has 0 spiro atoms. The molecule has 0 aromatic carbocycles. The maximum atomic E-state index is 9.65. The Morgan fingerprint density at radius 1 is 2.00 bits per heavy atom. The second kappa shape index (κ2) is 2.17. The Balaban J connectivity index is 2.80. The fraction of sp³-hybridized carbons (Fsp3) is 1.00. The maximum absolute atomic E-state index is 9.65. The average Bonchev–Trinajstić information content (AvgIpc) is 0.811. The summed E-state index contributed by atoms with van der Waals surface area (Å²) in [7, 11) is 0. The molecule has 20 valence electrons. The van der Waals surface area contributed by atoms with Crippen LogP contribution in [0.2, 0.25) is 5.82 Å². The van der Waals surface area contributed by atoms with E-state index in [1.165, 1.54) is 0 Å². The summed E-state index contributed by atoms with van der Waals surface area (Å²) in [6.45, 7) is 0. The molecule has 0 saturated heterocycles. The second-order valence-corrected chi connectivity index (χ2v) is 3.85. The van der Waals surface area contributed by atoms with E-state index in [1.807, 2.05) is 0 Å². The van der Waals surface area contributed by atoms with Crippen LogP contribution in [0.15, 0.2) is 0 Å². The molecule has 0 aliphatic carbocycles. The summed E-state index contributed by atoms with van der Waals surface area (Å²) < 4.78 is 9.65. The molecule has 4 heavy (non-hydrogen) atoms. The summed E-state index contributed by atoms with van der Waals surface area (Å²) in [4.78, 5) is 0. The van der Waals surface area contributed by atoms with Gasteiger partial charge in [-0.15, -0.1) is 0 Å². The van der Waals surface area contributed by atoms with E-state index < -0.39 is 11.6 Å². The van der Waals surface area contributed by atoms with Crippen LogP contribution >= 0.6 is 0 Å². The van der Waals surface area contributed by atoms with E-state index in [0.29, 0.717) is 0 Å². The molecule has 0 saturated carbocycles. The van der Waals surface area contributed by atoms with Crippen molar-refractivity contribution in [2.45, 2.75) is 5.82 Å². The van der Waals surface area contributed by atoms with Crippen LogP contribution in [0.4, 0.5) is 0 Å². The number of hydrogen-bond acceptors (Lipinski definition) is 1. The van der Waals surface area contributed by atoms with Crippen molar-refractivity contribution in [1.29, 1.82) is 0 Å². The quantitative estimate of drug-likeness (QED) is 0.398. The van der Waals surface area contributed by atoms with E-state index in [0.717, 1.165) is 0 Å². The number of hydrogen-bond donors (Lipinski definition) is 0. The zero-order valence-electron chi connectivity index (χ0n) is 2.82. The van der Waals surface area contributed by atoms with Crippen LogP contribution in [0, 0.1) is 0 Å². The molecular weight excluding hydrogens is 114 g/mol. The van der Waals surface area contributed by atoms with Crippen LogP contribution in [-0.2, 0) is 3.83 Å². The molecular formula is CH3LiOSe. The zero-order chi connectivity index (χ0) is 3.58. The summed E-state index contributed by atoms with van der Waals surface area (Å²) in [5.74, 6) is 1.74. The van der Waals surface area contributed by atoms with Gasteiger partial charge in [0.05, 0.1) is 0 Å². The molecule has 0 aromatic heterocycles. The first-order valence-corrected chi connectivity index (χ1v) is 5.11. The first kappa shape index (κ1) is 4.92. The van der Waals surface area contributed by atoms with Gasteiger partial charge in [-0.3, -0.25) is 0 Å². The van der Waals surface area contributed by atoms with E-state index in [2.05, 4.69) is 0 Å². The summed E-state index contributed by atoms with van der Waals surface area (Å²) in [6.07, 6.45) is 0. The minimum absolute atomic E-state index is 1.29. The van der Waals surface area contributed by atoms with E-state index in [4.69, 9.17) is 0 Å². The Hall–Kier alpha value is 0.917. The standard InChI is InChI=1S/CH3OSe.Li/c1-3-2;/h1H3;/q+1;-1. The van der Waals surface area contributed by atoms with Crippen LogP contribution < -0.4 is 0 Å². The summed E-state index contributed by atoms with van der Waals surface area (Å²) in [5.41, 5.74) is 0. The van der Waals surface area contributed by atoms with E-state index in [1.54, 1.807) is 21.6 Å². The normalized spacial score (nSPS) is 15.8. The monoisotopic (exact) mass is 118 g/mol. The Labute approximate surface area is 37.4 Å². The van der Waals surface area contributed by atoms with Crippen LogP contribution in [0.3, 0.4) is 0 Å². The van der Waals surface area contributed by atoms with E-state index in [-0.39, 0.29) is 0 Å². The van der Waals surface area contributed by atoms with Gasteiger partial charge in [-0.05, 0) is 0 Å². The summed E-state index contributed by atoms with van der Waals surface area (Å²) >= 11 is 0.444. The van der Waals surface area contributed by atoms with Crippen LogP contribution in [-0.4, -0.2) is 27.4 Å². The van der Waals surface area contributed by atoms with E-state index in [9.17, 15) is 3.83 Å². The zero-order valence-corrected chi connectivity index (χ0v) is 4.53. The molecule has 0 bridgehead atoms. The van der Waals surface area contributed by atoms with E-state index >= 15 is 0 Å². The van der Waals surface area contributed by atoms with Gasteiger partial charge in [0.1, 0.15) is 0 Å². The number of rotatable bonds is 0. The van der Waals surface area contributed by atoms with Gasteiger partial charge in [-0.25, -0.2) is 0 Å². The third-order valence-electron chi connectivity index (χ3n) is 0. The first-order chi connectivity index (χ1) is 1.73. The van der Waals surface area contributed by atoms with Crippen molar-refractivity contribution in [3.63, 3.8) is 0 Å². The Bertz CT molecular complexity index is 31.0. The molecule has 0 aliphatic heterocycles. The SMILES string of the molecule is [Li][Se](C)=O. The predicted molar refractivity (Wildman–Crippen MR) is 18.1 cm³/mol. The third-order valence-corrected chi connectivity index (χ3v) is 0. The van der Waals surface area contributed by atoms with Gasteiger partial charge in [0.2, 0.25) is 0 Å². The van der Waals surface area contributed by atoms with Crippen LogP contribution in [0.1, 0.15) is 0 Å². The molecule has 1 atom stereocenters. The molecule has 0 radical (unpaired) electrons. The van der Waals surface area contributed by atoms with Gasteiger partial charge in [0.25, 0.3) is 0 Å². The molecule has 0 aromatic rings. The van der Waals surface area contributed by atoms with Gasteiger partial charge in [0, 0.05) is 0 Å². The summed E-state index contributed by atoms with van der Waals surface area (Å²) in [6, 6.07) is 0. The molecule has 0 fully saturated rings. The fourth-order valence-corrected chi connectivity index (χ4v) is 0. The van der Waals surface area contributed by atoms with Gasteiger partial charge in [-0.2, -0.15) is 0 Å². The molecule has 0 amide bonds. The van der Waals surface area contributed by atoms with Gasteiger partial charge in [0.15, 0.2) is 0 Å². The molecule has 0 rings (SSSR count). The van der Waals surface area contributed by atoms with Crippen molar-refractivity contribution < 1.29 is 3.83 Å². The molecule has 0 N–H and O–H groups in total. The second-order valence-electron chi connectivity index (χ2n) is 0.742. The molecule has 3 heteroatoms. The molecule has 0 aliphatic rings. The molecule has 1 nitrogen and oxygen atoms in total. The van der Waals surface area contributed by atoms with Crippen molar-refractivity contribution in [1.82, 2.24) is 0 Å². The van der Waals surface area contributed by atoms with Crippen molar-refractivity contribution >= 4 is 27.4 Å². The third kappa shape index (κ3) is 12.7.